The van der Waals surface area contributed by atoms with E-state index in [1.54, 1.807) is 12.3 Å². The average molecular weight is 344 g/mol. The van der Waals surface area contributed by atoms with E-state index >= 15 is 0 Å². The minimum atomic E-state index is -0.130. The molecule has 0 spiro atoms. The van der Waals surface area contributed by atoms with E-state index in [2.05, 4.69) is 20.9 Å². The van der Waals surface area contributed by atoms with Gasteiger partial charge in [0.1, 0.15) is 0 Å². The van der Waals surface area contributed by atoms with Gasteiger partial charge in [-0.2, -0.15) is 5.26 Å². The molecule has 0 aliphatic heterocycles. The second kappa shape index (κ2) is 8.63. The Bertz CT molecular complexity index is 951. The number of nitrogens with one attached hydrogen (secondary N) is 1. The zero-order valence-corrected chi connectivity index (χ0v) is 14.4. The molecule has 0 saturated carbocycles. The molecule has 0 bridgehead atoms. The van der Waals surface area contributed by atoms with Crippen LogP contribution in [0.25, 0.3) is 17.0 Å². The number of hydrogen-bond acceptors (Lipinski definition) is 3. The van der Waals surface area contributed by atoms with Crippen molar-refractivity contribution in [3.8, 4) is 6.07 Å². The van der Waals surface area contributed by atoms with Gasteiger partial charge in [-0.15, -0.1) is 0 Å². The number of pyridine rings is 1. The zero-order chi connectivity index (χ0) is 18.2. The van der Waals surface area contributed by atoms with Gasteiger partial charge >= 0.3 is 0 Å². The number of nitriles is 1. The molecular weight excluding hydrogens is 324 g/mol. The number of aromatic nitrogens is 2. The normalized spacial score (nSPS) is 10.9. The largest absolute Gasteiger partial charge is 0.352 e. The van der Waals surface area contributed by atoms with Gasteiger partial charge in [0.25, 0.3) is 0 Å². The van der Waals surface area contributed by atoms with Crippen molar-refractivity contribution in [1.29, 1.82) is 5.26 Å². The molecule has 5 heteroatoms. The van der Waals surface area contributed by atoms with Crippen molar-refractivity contribution in [3.05, 3.63) is 72.2 Å². The summed E-state index contributed by atoms with van der Waals surface area (Å²) < 4.78 is 2.05. The maximum absolute atomic E-state index is 12.1. The highest BCUT2D eigenvalue weighted by atomic mass is 16.1. The highest BCUT2D eigenvalue weighted by Gasteiger charge is 2.06. The second-order valence-corrected chi connectivity index (χ2v) is 5.90. The quantitative estimate of drug-likeness (QED) is 0.668. The Kier molecular flexibility index (Phi) is 5.79. The summed E-state index contributed by atoms with van der Waals surface area (Å²) in [4.78, 5) is 16.3. The lowest BCUT2D eigenvalue weighted by atomic mass is 10.1. The number of benzene rings is 1. The van der Waals surface area contributed by atoms with Crippen molar-refractivity contribution in [2.45, 2.75) is 19.4 Å². The predicted molar refractivity (Wildman–Crippen MR) is 102 cm³/mol. The molecule has 0 atom stereocenters. The van der Waals surface area contributed by atoms with Crippen LogP contribution >= 0.6 is 0 Å². The summed E-state index contributed by atoms with van der Waals surface area (Å²) in [5, 5.41) is 12.8. The van der Waals surface area contributed by atoms with Crippen LogP contribution < -0.4 is 5.32 Å². The van der Waals surface area contributed by atoms with Crippen LogP contribution in [0.3, 0.4) is 0 Å². The van der Waals surface area contributed by atoms with Crippen LogP contribution in [0, 0.1) is 11.3 Å². The number of aryl methyl sites for hydroxylation is 1. The zero-order valence-electron chi connectivity index (χ0n) is 14.4. The second-order valence-electron chi connectivity index (χ2n) is 5.90. The van der Waals surface area contributed by atoms with Gasteiger partial charge in [-0.25, -0.2) is 0 Å². The predicted octanol–water partition coefficient (Wildman–Crippen LogP) is 3.32. The van der Waals surface area contributed by atoms with Gasteiger partial charge < -0.3 is 9.88 Å². The molecule has 3 aromatic rings. The first kappa shape index (κ1) is 17.4. The fraction of sp³-hybridized carbons (Fsp3) is 0.190. The molecule has 0 aliphatic carbocycles. The number of rotatable bonds is 7. The summed E-state index contributed by atoms with van der Waals surface area (Å²) in [5.74, 6) is -0.130. The molecule has 2 heterocycles. The number of carbonyl (C=O) groups excluding carboxylic acids is 1. The van der Waals surface area contributed by atoms with Gasteiger partial charge in [-0.05, 0) is 24.3 Å². The Morgan fingerprint density at radius 2 is 2.08 bits per heavy atom. The van der Waals surface area contributed by atoms with Crippen LogP contribution in [0.2, 0.25) is 0 Å². The van der Waals surface area contributed by atoms with Gasteiger partial charge in [-0.3, -0.25) is 9.78 Å². The van der Waals surface area contributed by atoms with Crippen molar-refractivity contribution in [2.75, 3.05) is 6.54 Å². The number of para-hydroxylation sites is 1. The smallest absolute Gasteiger partial charge is 0.244 e. The molecule has 0 aliphatic rings. The van der Waals surface area contributed by atoms with Crippen molar-refractivity contribution in [3.63, 3.8) is 0 Å². The molecular formula is C21H20N4O. The van der Waals surface area contributed by atoms with Gasteiger partial charge in [-0.1, -0.05) is 24.3 Å². The summed E-state index contributed by atoms with van der Waals surface area (Å²) in [6, 6.07) is 15.9. The van der Waals surface area contributed by atoms with Crippen LogP contribution in [0.1, 0.15) is 17.7 Å². The van der Waals surface area contributed by atoms with Crippen LogP contribution in [0.5, 0.6) is 0 Å². The van der Waals surface area contributed by atoms with Crippen LogP contribution in [-0.4, -0.2) is 22.0 Å². The Morgan fingerprint density at radius 3 is 2.88 bits per heavy atom. The van der Waals surface area contributed by atoms with E-state index in [1.807, 2.05) is 54.7 Å². The Balaban J connectivity index is 1.64. The summed E-state index contributed by atoms with van der Waals surface area (Å²) in [5.41, 5.74) is 2.99. The molecule has 130 valence electrons. The van der Waals surface area contributed by atoms with Gasteiger partial charge in [0.15, 0.2) is 0 Å². The third kappa shape index (κ3) is 4.37. The first-order valence-electron chi connectivity index (χ1n) is 8.58. The molecule has 0 fully saturated rings. The summed E-state index contributed by atoms with van der Waals surface area (Å²) in [6.07, 6.45) is 8.26. The lowest BCUT2D eigenvalue weighted by molar-refractivity contribution is -0.116. The van der Waals surface area contributed by atoms with Crippen LogP contribution in [-0.2, 0) is 17.8 Å². The van der Waals surface area contributed by atoms with E-state index in [-0.39, 0.29) is 5.91 Å². The molecule has 3 rings (SSSR count). The molecule has 0 radical (unpaired) electrons. The van der Waals surface area contributed by atoms with E-state index in [0.717, 1.165) is 22.2 Å². The molecule has 1 amide bonds. The Morgan fingerprint density at radius 1 is 1.23 bits per heavy atom. The maximum atomic E-state index is 12.1. The van der Waals surface area contributed by atoms with E-state index in [1.165, 1.54) is 0 Å². The fourth-order valence-electron chi connectivity index (χ4n) is 2.85. The van der Waals surface area contributed by atoms with Crippen molar-refractivity contribution >= 4 is 22.9 Å². The molecule has 1 N–H and O–H groups in total. The average Bonchev–Trinajstić information content (AvgIpc) is 3.03. The van der Waals surface area contributed by atoms with Gasteiger partial charge in [0.05, 0.1) is 12.5 Å². The van der Waals surface area contributed by atoms with E-state index < -0.39 is 0 Å². The summed E-state index contributed by atoms with van der Waals surface area (Å²) in [7, 11) is 0. The molecule has 2 aromatic heterocycles. The van der Waals surface area contributed by atoms with Gasteiger partial charge in [0, 0.05) is 60.1 Å². The monoisotopic (exact) mass is 344 g/mol. The van der Waals surface area contributed by atoms with Crippen LogP contribution in [0.15, 0.2) is 60.9 Å². The standard InChI is InChI=1S/C21H20N4O/c22-12-5-15-25-16-17(19-7-1-2-8-20(19)25)9-10-21(26)24-14-11-18-6-3-4-13-23-18/h1-4,6-10,13,16H,5,11,14-15H2,(H,24,26)/b10-9+. The Hall–Kier alpha value is -3.39. The molecule has 0 saturated heterocycles. The number of carbonyl (C=O) groups is 1. The first-order chi connectivity index (χ1) is 12.8. The number of nitrogens with zero attached hydrogens (tertiary/aromatic N) is 3. The third-order valence-corrected chi connectivity index (χ3v) is 4.10. The van der Waals surface area contributed by atoms with Gasteiger partial charge in [0.2, 0.25) is 5.91 Å². The highest BCUT2D eigenvalue weighted by Crippen LogP contribution is 2.22. The first-order valence-corrected chi connectivity index (χ1v) is 8.58. The molecule has 0 unspecified atom stereocenters. The van der Waals surface area contributed by atoms with Crippen molar-refractivity contribution < 1.29 is 4.79 Å². The minimum absolute atomic E-state index is 0.130. The minimum Gasteiger partial charge on any atom is -0.352 e. The third-order valence-electron chi connectivity index (χ3n) is 4.10. The van der Waals surface area contributed by atoms with Crippen LogP contribution in [0.4, 0.5) is 0 Å². The fourth-order valence-corrected chi connectivity index (χ4v) is 2.85. The highest BCUT2D eigenvalue weighted by molar-refractivity contribution is 5.96. The Labute approximate surface area is 152 Å². The van der Waals surface area contributed by atoms with Crippen molar-refractivity contribution in [2.24, 2.45) is 0 Å². The maximum Gasteiger partial charge on any atom is 0.244 e. The molecule has 1 aromatic carbocycles. The lowest BCUT2D eigenvalue weighted by Crippen LogP contribution is -2.23. The number of amides is 1. The van der Waals surface area contributed by atoms with E-state index in [0.29, 0.717) is 25.9 Å². The molecule has 26 heavy (non-hydrogen) atoms. The lowest BCUT2D eigenvalue weighted by Gasteiger charge is -2.01. The van der Waals surface area contributed by atoms with E-state index in [9.17, 15) is 4.79 Å². The number of fused-ring (bicyclic) bond motifs is 1. The SMILES string of the molecule is N#CCCn1cc(/C=C/C(=O)NCCc2ccccn2)c2ccccc21. The van der Waals surface area contributed by atoms with E-state index in [4.69, 9.17) is 5.26 Å². The topological polar surface area (TPSA) is 70.7 Å². The van der Waals surface area contributed by atoms with Crippen molar-refractivity contribution in [1.82, 2.24) is 14.9 Å². The number of hydrogen-bond donors (Lipinski definition) is 1. The summed E-state index contributed by atoms with van der Waals surface area (Å²) in [6.45, 7) is 1.19. The summed E-state index contributed by atoms with van der Waals surface area (Å²) >= 11 is 0. The molecule has 5 nitrogen and oxygen atoms in total.